The van der Waals surface area contributed by atoms with Crippen molar-refractivity contribution in [3.63, 3.8) is 0 Å². The van der Waals surface area contributed by atoms with Crippen LogP contribution in [0.3, 0.4) is 0 Å². The van der Waals surface area contributed by atoms with Crippen LogP contribution in [0.1, 0.15) is 33.1 Å². The maximum atomic E-state index is 4.80. The molecule has 1 N–H and O–H groups in total. The van der Waals surface area contributed by atoms with Crippen LogP contribution in [0.4, 0.5) is 0 Å². The molecule has 0 atom stereocenters. The zero-order valence-corrected chi connectivity index (χ0v) is 12.9. The van der Waals surface area contributed by atoms with Crippen molar-refractivity contribution in [3.8, 4) is 0 Å². The minimum atomic E-state index is 1.00. The molecule has 0 fully saturated rings. The molecule has 1 aliphatic rings. The smallest absolute Gasteiger partial charge is 0.0904 e. The van der Waals surface area contributed by atoms with Gasteiger partial charge >= 0.3 is 0 Å². The van der Waals surface area contributed by atoms with E-state index >= 15 is 0 Å². The Morgan fingerprint density at radius 2 is 2.15 bits per heavy atom. The third-order valence-electron chi connectivity index (χ3n) is 3.73. The van der Waals surface area contributed by atoms with Gasteiger partial charge < -0.3 is 5.32 Å². The van der Waals surface area contributed by atoms with E-state index < -0.39 is 0 Å². The van der Waals surface area contributed by atoms with E-state index in [2.05, 4.69) is 42.6 Å². The van der Waals surface area contributed by atoms with Gasteiger partial charge in [-0.05, 0) is 50.9 Å². The molecule has 0 aliphatic heterocycles. The second-order valence-electron chi connectivity index (χ2n) is 5.17. The SMILES string of the molecule is CNCC/C=C1/c2ccccc2CCc2sc(C)nc21. The molecule has 3 rings (SSSR count). The normalized spacial score (nSPS) is 15.8. The molecule has 0 amide bonds. The average Bonchev–Trinajstić information content (AvgIpc) is 2.76. The molecular formula is C17H20N2S. The summed E-state index contributed by atoms with van der Waals surface area (Å²) in [5.74, 6) is 0. The zero-order chi connectivity index (χ0) is 13.9. The lowest BCUT2D eigenvalue weighted by Crippen LogP contribution is -2.06. The Balaban J connectivity index is 2.10. The van der Waals surface area contributed by atoms with Crippen LogP contribution in [0, 0.1) is 6.92 Å². The minimum absolute atomic E-state index is 1.00. The van der Waals surface area contributed by atoms with Gasteiger partial charge in [0.15, 0.2) is 0 Å². The molecule has 2 aromatic rings. The van der Waals surface area contributed by atoms with Crippen LogP contribution in [0.2, 0.25) is 0 Å². The molecule has 0 spiro atoms. The number of aryl methyl sites for hydroxylation is 3. The minimum Gasteiger partial charge on any atom is -0.319 e. The molecule has 1 aromatic carbocycles. The highest BCUT2D eigenvalue weighted by Gasteiger charge is 2.20. The molecular weight excluding hydrogens is 264 g/mol. The van der Waals surface area contributed by atoms with E-state index in [0.717, 1.165) is 25.8 Å². The molecule has 0 saturated carbocycles. The number of nitrogens with zero attached hydrogens (tertiary/aromatic N) is 1. The molecule has 1 aromatic heterocycles. The number of nitrogens with one attached hydrogen (secondary N) is 1. The van der Waals surface area contributed by atoms with Crippen molar-refractivity contribution in [2.24, 2.45) is 0 Å². The summed E-state index contributed by atoms with van der Waals surface area (Å²) in [6, 6.07) is 8.77. The zero-order valence-electron chi connectivity index (χ0n) is 12.1. The Hall–Kier alpha value is -1.45. The van der Waals surface area contributed by atoms with Gasteiger partial charge in [0.1, 0.15) is 0 Å². The maximum Gasteiger partial charge on any atom is 0.0904 e. The number of fused-ring (bicyclic) bond motifs is 2. The molecule has 2 nitrogen and oxygen atoms in total. The Bertz CT molecular complexity index is 640. The lowest BCUT2D eigenvalue weighted by Gasteiger charge is -2.09. The van der Waals surface area contributed by atoms with E-state index in [1.54, 1.807) is 0 Å². The highest BCUT2D eigenvalue weighted by molar-refractivity contribution is 7.11. The fraction of sp³-hybridized carbons (Fsp3) is 0.353. The van der Waals surface area contributed by atoms with E-state index in [-0.39, 0.29) is 0 Å². The summed E-state index contributed by atoms with van der Waals surface area (Å²) >= 11 is 1.85. The summed E-state index contributed by atoms with van der Waals surface area (Å²) < 4.78 is 0. The Morgan fingerprint density at radius 1 is 1.30 bits per heavy atom. The van der Waals surface area contributed by atoms with E-state index in [0.29, 0.717) is 0 Å². The molecule has 0 radical (unpaired) electrons. The van der Waals surface area contributed by atoms with Crippen LogP contribution < -0.4 is 5.32 Å². The van der Waals surface area contributed by atoms with Gasteiger partial charge in [0.05, 0.1) is 10.7 Å². The number of hydrogen-bond donors (Lipinski definition) is 1. The van der Waals surface area contributed by atoms with Crippen LogP contribution in [0.15, 0.2) is 30.3 Å². The largest absolute Gasteiger partial charge is 0.319 e. The van der Waals surface area contributed by atoms with Crippen molar-refractivity contribution in [1.82, 2.24) is 10.3 Å². The fourth-order valence-corrected chi connectivity index (χ4v) is 3.74. The van der Waals surface area contributed by atoms with Crippen molar-refractivity contribution in [1.29, 1.82) is 0 Å². The summed E-state index contributed by atoms with van der Waals surface area (Å²) in [6.07, 6.45) is 5.62. The second kappa shape index (κ2) is 5.90. The summed E-state index contributed by atoms with van der Waals surface area (Å²) in [7, 11) is 2.00. The first-order valence-corrected chi connectivity index (χ1v) is 8.01. The number of rotatable bonds is 3. The van der Waals surface area contributed by atoms with Gasteiger partial charge in [0, 0.05) is 10.5 Å². The molecule has 3 heteroatoms. The molecule has 0 bridgehead atoms. The quantitative estimate of drug-likeness (QED) is 0.871. The van der Waals surface area contributed by atoms with Crippen LogP contribution in [0.5, 0.6) is 0 Å². The number of hydrogen-bond acceptors (Lipinski definition) is 3. The molecule has 1 aliphatic carbocycles. The number of thiazole rings is 1. The van der Waals surface area contributed by atoms with Crippen LogP contribution in [0.25, 0.3) is 5.57 Å². The third kappa shape index (κ3) is 2.56. The highest BCUT2D eigenvalue weighted by atomic mass is 32.1. The second-order valence-corrected chi connectivity index (χ2v) is 6.46. The summed E-state index contributed by atoms with van der Waals surface area (Å²) in [5.41, 5.74) is 5.36. The summed E-state index contributed by atoms with van der Waals surface area (Å²) in [5, 5.41) is 4.39. The standard InChI is InChI=1S/C17H20N2S/c1-12-19-17-15(8-5-11-18-2)14-7-4-3-6-13(14)9-10-16(17)20-12/h3-4,6-8,18H,5,9-11H2,1-2H3/b15-8-. The highest BCUT2D eigenvalue weighted by Crippen LogP contribution is 2.35. The lowest BCUT2D eigenvalue weighted by atomic mass is 9.97. The lowest BCUT2D eigenvalue weighted by molar-refractivity contribution is 0.808. The van der Waals surface area contributed by atoms with E-state index in [1.807, 2.05) is 18.4 Å². The molecule has 104 valence electrons. The van der Waals surface area contributed by atoms with Gasteiger partial charge in [-0.1, -0.05) is 30.3 Å². The van der Waals surface area contributed by atoms with Crippen LogP contribution in [-0.2, 0) is 12.8 Å². The summed E-state index contributed by atoms with van der Waals surface area (Å²) in [6.45, 7) is 3.11. The molecule has 20 heavy (non-hydrogen) atoms. The predicted octanol–water partition coefficient (Wildman–Crippen LogP) is 3.59. The molecule has 1 heterocycles. The monoisotopic (exact) mass is 284 g/mol. The van der Waals surface area contributed by atoms with Gasteiger partial charge in [0.25, 0.3) is 0 Å². The molecule has 0 unspecified atom stereocenters. The summed E-state index contributed by atoms with van der Waals surface area (Å²) in [4.78, 5) is 6.24. The van der Waals surface area contributed by atoms with Crippen molar-refractivity contribution in [2.45, 2.75) is 26.2 Å². The number of aromatic nitrogens is 1. The first kappa shape index (κ1) is 13.5. The van der Waals surface area contributed by atoms with Crippen molar-refractivity contribution >= 4 is 16.9 Å². The van der Waals surface area contributed by atoms with E-state index in [1.165, 1.54) is 32.3 Å². The Morgan fingerprint density at radius 3 is 3.00 bits per heavy atom. The van der Waals surface area contributed by atoms with E-state index in [9.17, 15) is 0 Å². The number of benzene rings is 1. The Kier molecular flexibility index (Phi) is 3.99. The Labute approximate surface area is 124 Å². The van der Waals surface area contributed by atoms with Crippen LogP contribution >= 0.6 is 11.3 Å². The van der Waals surface area contributed by atoms with Crippen molar-refractivity contribution in [2.75, 3.05) is 13.6 Å². The average molecular weight is 284 g/mol. The molecule has 0 saturated heterocycles. The van der Waals surface area contributed by atoms with Crippen molar-refractivity contribution < 1.29 is 0 Å². The predicted molar refractivity (Wildman–Crippen MR) is 86.3 cm³/mol. The van der Waals surface area contributed by atoms with Gasteiger partial charge in [-0.25, -0.2) is 4.98 Å². The first-order chi connectivity index (χ1) is 9.79. The topological polar surface area (TPSA) is 24.9 Å². The maximum absolute atomic E-state index is 4.80. The van der Waals surface area contributed by atoms with Gasteiger partial charge in [-0.15, -0.1) is 11.3 Å². The first-order valence-electron chi connectivity index (χ1n) is 7.19. The van der Waals surface area contributed by atoms with Crippen LogP contribution in [-0.4, -0.2) is 18.6 Å². The van der Waals surface area contributed by atoms with Crippen molar-refractivity contribution in [3.05, 3.63) is 57.0 Å². The van der Waals surface area contributed by atoms with E-state index in [4.69, 9.17) is 4.98 Å². The third-order valence-corrected chi connectivity index (χ3v) is 4.76. The van der Waals surface area contributed by atoms with Gasteiger partial charge in [-0.2, -0.15) is 0 Å². The van der Waals surface area contributed by atoms with Gasteiger partial charge in [-0.3, -0.25) is 0 Å². The fourth-order valence-electron chi connectivity index (χ4n) is 2.79. The van der Waals surface area contributed by atoms with Gasteiger partial charge in [0.2, 0.25) is 0 Å².